The first-order chi connectivity index (χ1) is 9.56. The number of benzene rings is 2. The molecule has 0 heterocycles. The highest BCUT2D eigenvalue weighted by atomic mass is 19.2. The van der Waals surface area contributed by atoms with Crippen LogP contribution in [0.2, 0.25) is 0 Å². The number of rotatable bonds is 3. The summed E-state index contributed by atoms with van der Waals surface area (Å²) in [6, 6.07) is 8.71. The quantitative estimate of drug-likeness (QED) is 0.844. The van der Waals surface area contributed by atoms with Gasteiger partial charge >= 0.3 is 0 Å². The zero-order valence-electron chi connectivity index (χ0n) is 10.6. The normalized spacial score (nSPS) is 9.90. The highest BCUT2D eigenvalue weighted by Crippen LogP contribution is 2.33. The van der Waals surface area contributed by atoms with Gasteiger partial charge in [-0.25, -0.2) is 8.78 Å². The number of nitrogens with zero attached hydrogens (tertiary/aromatic N) is 1. The maximum absolute atomic E-state index is 13.7. The van der Waals surface area contributed by atoms with E-state index in [-0.39, 0.29) is 11.4 Å². The Balaban J connectivity index is 2.46. The first-order valence-electron chi connectivity index (χ1n) is 5.65. The van der Waals surface area contributed by atoms with Crippen LogP contribution in [0.3, 0.4) is 0 Å². The maximum Gasteiger partial charge on any atom is 0.184 e. The fraction of sp³-hybridized carbons (Fsp3) is 0.0714. The zero-order valence-corrected chi connectivity index (χ0v) is 10.6. The molecule has 3 N–H and O–H groups in total. The Morgan fingerprint density at radius 2 is 2.00 bits per heavy atom. The van der Waals surface area contributed by atoms with Gasteiger partial charge in [0.25, 0.3) is 0 Å². The molecule has 2 rings (SSSR count). The molecule has 102 valence electrons. The average molecular weight is 275 g/mol. The Labute approximate surface area is 114 Å². The molecular weight excluding hydrogens is 264 g/mol. The van der Waals surface area contributed by atoms with Gasteiger partial charge in [-0.1, -0.05) is 0 Å². The zero-order chi connectivity index (χ0) is 14.7. The van der Waals surface area contributed by atoms with E-state index in [0.717, 1.165) is 6.07 Å². The van der Waals surface area contributed by atoms with Crippen LogP contribution >= 0.6 is 0 Å². The third kappa shape index (κ3) is 2.47. The van der Waals surface area contributed by atoms with Crippen molar-refractivity contribution in [2.45, 2.75) is 0 Å². The van der Waals surface area contributed by atoms with Crippen LogP contribution in [0.4, 0.5) is 25.8 Å². The summed E-state index contributed by atoms with van der Waals surface area (Å²) in [6.07, 6.45) is 0. The van der Waals surface area contributed by atoms with Crippen molar-refractivity contribution in [3.8, 4) is 11.8 Å². The van der Waals surface area contributed by atoms with Crippen LogP contribution in [0.25, 0.3) is 0 Å². The summed E-state index contributed by atoms with van der Waals surface area (Å²) in [4.78, 5) is 0. The van der Waals surface area contributed by atoms with Crippen LogP contribution in [0.5, 0.6) is 5.75 Å². The van der Waals surface area contributed by atoms with Crippen molar-refractivity contribution in [1.29, 1.82) is 5.26 Å². The lowest BCUT2D eigenvalue weighted by Crippen LogP contribution is -2.03. The van der Waals surface area contributed by atoms with E-state index in [1.165, 1.54) is 31.4 Å². The first-order valence-corrected chi connectivity index (χ1v) is 5.65. The number of nitrogens with one attached hydrogen (secondary N) is 1. The number of hydrogen-bond acceptors (Lipinski definition) is 4. The molecule has 0 aliphatic heterocycles. The summed E-state index contributed by atoms with van der Waals surface area (Å²) in [5, 5.41) is 11.5. The van der Waals surface area contributed by atoms with Crippen LogP contribution in [0, 0.1) is 23.0 Å². The van der Waals surface area contributed by atoms with E-state index in [4.69, 9.17) is 15.7 Å². The molecule has 0 aliphatic rings. The minimum absolute atomic E-state index is 0.0651. The van der Waals surface area contributed by atoms with Crippen molar-refractivity contribution < 1.29 is 13.5 Å². The second kappa shape index (κ2) is 5.45. The summed E-state index contributed by atoms with van der Waals surface area (Å²) < 4.78 is 32.0. The van der Waals surface area contributed by atoms with Crippen LogP contribution in [0.1, 0.15) is 5.56 Å². The number of halogens is 2. The molecule has 2 aromatic carbocycles. The molecule has 0 atom stereocenters. The fourth-order valence-corrected chi connectivity index (χ4v) is 1.69. The Bertz CT molecular complexity index is 696. The minimum atomic E-state index is -1.07. The van der Waals surface area contributed by atoms with Gasteiger partial charge in [0.15, 0.2) is 11.6 Å². The van der Waals surface area contributed by atoms with Crippen LogP contribution in [0.15, 0.2) is 30.3 Å². The monoisotopic (exact) mass is 275 g/mol. The van der Waals surface area contributed by atoms with Gasteiger partial charge in [-0.2, -0.15) is 5.26 Å². The van der Waals surface area contributed by atoms with Crippen molar-refractivity contribution in [3.05, 3.63) is 47.5 Å². The van der Waals surface area contributed by atoms with Crippen molar-refractivity contribution in [1.82, 2.24) is 0 Å². The predicted octanol–water partition coefficient (Wildman–Crippen LogP) is 3.17. The lowest BCUT2D eigenvalue weighted by Gasteiger charge is -2.14. The van der Waals surface area contributed by atoms with Crippen LogP contribution < -0.4 is 15.8 Å². The van der Waals surface area contributed by atoms with Gasteiger partial charge in [-0.3, -0.25) is 0 Å². The molecule has 0 unspecified atom stereocenters. The molecule has 2 aromatic rings. The minimum Gasteiger partial charge on any atom is -0.495 e. The number of anilines is 3. The lowest BCUT2D eigenvalue weighted by molar-refractivity contribution is 0.416. The molecule has 4 nitrogen and oxygen atoms in total. The summed E-state index contributed by atoms with van der Waals surface area (Å²) in [5.74, 6) is -1.75. The molecule has 0 radical (unpaired) electrons. The van der Waals surface area contributed by atoms with Gasteiger partial charge in [0.05, 0.1) is 30.1 Å². The SMILES string of the molecule is COc1cc(C#N)ccc1Nc1c(N)ccc(F)c1F. The van der Waals surface area contributed by atoms with Crippen molar-refractivity contribution in [3.63, 3.8) is 0 Å². The molecule has 6 heteroatoms. The smallest absolute Gasteiger partial charge is 0.184 e. The number of nitrogens with two attached hydrogens (primary N) is 1. The third-order valence-corrected chi connectivity index (χ3v) is 2.72. The summed E-state index contributed by atoms with van der Waals surface area (Å²) >= 11 is 0. The van der Waals surface area contributed by atoms with Gasteiger partial charge in [0.1, 0.15) is 11.4 Å². The topological polar surface area (TPSA) is 71.1 Å². The Hall–Kier alpha value is -2.81. The van der Waals surface area contributed by atoms with Gasteiger partial charge in [0, 0.05) is 6.07 Å². The van der Waals surface area contributed by atoms with E-state index in [1.807, 2.05) is 6.07 Å². The average Bonchev–Trinajstić information content (AvgIpc) is 2.47. The first kappa shape index (κ1) is 13.6. The Morgan fingerprint density at radius 3 is 2.65 bits per heavy atom. The van der Waals surface area contributed by atoms with Crippen molar-refractivity contribution in [2.24, 2.45) is 0 Å². The molecule has 0 aromatic heterocycles. The molecule has 0 saturated carbocycles. The predicted molar refractivity (Wildman–Crippen MR) is 71.8 cm³/mol. The summed E-state index contributed by atoms with van der Waals surface area (Å²) in [5.41, 5.74) is 6.28. The standard InChI is InChI=1S/C14H11F2N3O/c1-20-12-6-8(7-17)2-5-11(12)19-14-10(18)4-3-9(15)13(14)16/h2-6,19H,18H2,1H3. The molecular formula is C14H11F2N3O. The molecule has 0 aliphatic carbocycles. The second-order valence-electron chi connectivity index (χ2n) is 3.98. The van der Waals surface area contributed by atoms with E-state index in [1.54, 1.807) is 0 Å². The van der Waals surface area contributed by atoms with Gasteiger partial charge < -0.3 is 15.8 Å². The Kier molecular flexibility index (Phi) is 3.71. The molecule has 0 saturated heterocycles. The van der Waals surface area contributed by atoms with Crippen LogP contribution in [-0.2, 0) is 0 Å². The Morgan fingerprint density at radius 1 is 1.25 bits per heavy atom. The largest absolute Gasteiger partial charge is 0.495 e. The van der Waals surface area contributed by atoms with E-state index < -0.39 is 11.6 Å². The van der Waals surface area contributed by atoms with Gasteiger partial charge in [0.2, 0.25) is 0 Å². The molecule has 0 bridgehead atoms. The van der Waals surface area contributed by atoms with E-state index in [2.05, 4.69) is 5.32 Å². The number of nitriles is 1. The number of nitrogen functional groups attached to an aromatic ring is 1. The number of ether oxygens (including phenoxy) is 1. The second-order valence-corrected chi connectivity index (χ2v) is 3.98. The highest BCUT2D eigenvalue weighted by Gasteiger charge is 2.14. The van der Waals surface area contributed by atoms with Gasteiger partial charge in [-0.15, -0.1) is 0 Å². The number of hydrogen-bond donors (Lipinski definition) is 2. The van der Waals surface area contributed by atoms with E-state index >= 15 is 0 Å². The van der Waals surface area contributed by atoms with Crippen molar-refractivity contribution >= 4 is 17.1 Å². The molecule has 0 amide bonds. The maximum atomic E-state index is 13.7. The third-order valence-electron chi connectivity index (χ3n) is 2.72. The molecule has 0 spiro atoms. The fourth-order valence-electron chi connectivity index (χ4n) is 1.69. The highest BCUT2D eigenvalue weighted by molar-refractivity contribution is 5.76. The summed E-state index contributed by atoms with van der Waals surface area (Å²) in [7, 11) is 1.41. The van der Waals surface area contributed by atoms with Crippen LogP contribution in [-0.4, -0.2) is 7.11 Å². The lowest BCUT2D eigenvalue weighted by atomic mass is 10.2. The van der Waals surface area contributed by atoms with E-state index in [9.17, 15) is 8.78 Å². The summed E-state index contributed by atoms with van der Waals surface area (Å²) in [6.45, 7) is 0. The number of methoxy groups -OCH3 is 1. The van der Waals surface area contributed by atoms with Gasteiger partial charge in [-0.05, 0) is 24.3 Å². The molecule has 20 heavy (non-hydrogen) atoms. The van der Waals surface area contributed by atoms with Crippen molar-refractivity contribution in [2.75, 3.05) is 18.2 Å². The van der Waals surface area contributed by atoms with E-state index in [0.29, 0.717) is 17.0 Å². The molecule has 0 fully saturated rings.